The molecular formula is C13H24N2O2. The van der Waals surface area contributed by atoms with Crippen LogP contribution in [0.15, 0.2) is 0 Å². The molecule has 1 aliphatic carbocycles. The zero-order valence-electron chi connectivity index (χ0n) is 11.2. The fourth-order valence-corrected chi connectivity index (χ4v) is 1.64. The topological polar surface area (TPSA) is 49.4 Å². The van der Waals surface area contributed by atoms with Gasteiger partial charge in [-0.15, -0.1) is 0 Å². The van der Waals surface area contributed by atoms with Crippen molar-refractivity contribution in [1.29, 1.82) is 0 Å². The number of nitrogens with one attached hydrogen (secondary N) is 1. The molecule has 1 rings (SSSR count). The molecule has 1 saturated carbocycles. The van der Waals surface area contributed by atoms with Crippen molar-refractivity contribution in [3.8, 4) is 0 Å². The minimum Gasteiger partial charge on any atom is -0.354 e. The average molecular weight is 240 g/mol. The lowest BCUT2D eigenvalue weighted by molar-refractivity contribution is -0.129. The van der Waals surface area contributed by atoms with Gasteiger partial charge in [0.1, 0.15) is 0 Å². The van der Waals surface area contributed by atoms with E-state index in [0.717, 1.165) is 25.8 Å². The van der Waals surface area contributed by atoms with Crippen LogP contribution < -0.4 is 5.32 Å². The van der Waals surface area contributed by atoms with Crippen LogP contribution in [0.4, 0.5) is 0 Å². The molecule has 17 heavy (non-hydrogen) atoms. The van der Waals surface area contributed by atoms with Gasteiger partial charge in [-0.1, -0.05) is 13.8 Å². The van der Waals surface area contributed by atoms with Crippen LogP contribution in [0.5, 0.6) is 0 Å². The molecule has 1 fully saturated rings. The predicted octanol–water partition coefficient (Wildman–Crippen LogP) is 1.41. The van der Waals surface area contributed by atoms with E-state index in [2.05, 4.69) is 19.2 Å². The van der Waals surface area contributed by atoms with Crippen LogP contribution in [0, 0.1) is 11.8 Å². The first kappa shape index (κ1) is 14.0. The van der Waals surface area contributed by atoms with E-state index in [1.807, 2.05) is 4.90 Å². The van der Waals surface area contributed by atoms with Crippen LogP contribution >= 0.6 is 0 Å². The van der Waals surface area contributed by atoms with Crippen LogP contribution in [0.2, 0.25) is 0 Å². The van der Waals surface area contributed by atoms with Crippen molar-refractivity contribution in [2.75, 3.05) is 19.6 Å². The Morgan fingerprint density at radius 1 is 1.29 bits per heavy atom. The predicted molar refractivity (Wildman–Crippen MR) is 67.4 cm³/mol. The molecule has 0 aromatic heterocycles. The lowest BCUT2D eigenvalue weighted by atomic mass is 10.1. The number of amides is 2. The van der Waals surface area contributed by atoms with E-state index < -0.39 is 0 Å². The number of nitrogens with zero attached hydrogens (tertiary/aromatic N) is 1. The molecule has 0 saturated heterocycles. The summed E-state index contributed by atoms with van der Waals surface area (Å²) < 4.78 is 0. The van der Waals surface area contributed by atoms with E-state index >= 15 is 0 Å². The maximum Gasteiger partial charge on any atom is 0.223 e. The third kappa shape index (κ3) is 5.71. The summed E-state index contributed by atoms with van der Waals surface area (Å²) in [6.07, 6.45) is 3.06. The molecule has 0 heterocycles. The van der Waals surface area contributed by atoms with Gasteiger partial charge in [-0.05, 0) is 25.2 Å². The van der Waals surface area contributed by atoms with Gasteiger partial charge in [0.2, 0.25) is 11.8 Å². The van der Waals surface area contributed by atoms with Gasteiger partial charge in [0.25, 0.3) is 0 Å². The minimum absolute atomic E-state index is 0.0892. The summed E-state index contributed by atoms with van der Waals surface area (Å²) in [5, 5.41) is 2.88. The van der Waals surface area contributed by atoms with Crippen molar-refractivity contribution in [3.05, 3.63) is 0 Å². The standard InChI is InChI=1S/C13H24N2O2/c1-10(2)6-8-15(11(3)16)9-7-14-13(17)12-4-5-12/h10,12H,4-9H2,1-3H3,(H,14,17). The Balaban J connectivity index is 2.18. The zero-order valence-corrected chi connectivity index (χ0v) is 11.2. The third-order valence-electron chi connectivity index (χ3n) is 3.05. The molecule has 0 atom stereocenters. The Morgan fingerprint density at radius 3 is 2.41 bits per heavy atom. The molecule has 98 valence electrons. The molecule has 0 aromatic carbocycles. The first-order valence-electron chi connectivity index (χ1n) is 6.54. The summed E-state index contributed by atoms with van der Waals surface area (Å²) >= 11 is 0. The summed E-state index contributed by atoms with van der Waals surface area (Å²) in [7, 11) is 0. The van der Waals surface area contributed by atoms with Crippen molar-refractivity contribution in [2.45, 2.75) is 40.0 Å². The molecule has 0 radical (unpaired) electrons. The average Bonchev–Trinajstić information content (AvgIpc) is 3.05. The monoisotopic (exact) mass is 240 g/mol. The molecular weight excluding hydrogens is 216 g/mol. The van der Waals surface area contributed by atoms with Crippen LogP contribution in [0.3, 0.4) is 0 Å². The largest absolute Gasteiger partial charge is 0.354 e. The first-order chi connectivity index (χ1) is 8.00. The van der Waals surface area contributed by atoms with E-state index in [0.29, 0.717) is 19.0 Å². The van der Waals surface area contributed by atoms with Gasteiger partial charge in [-0.3, -0.25) is 9.59 Å². The van der Waals surface area contributed by atoms with Crippen molar-refractivity contribution in [1.82, 2.24) is 10.2 Å². The van der Waals surface area contributed by atoms with E-state index in [4.69, 9.17) is 0 Å². The normalized spacial score (nSPS) is 14.8. The summed E-state index contributed by atoms with van der Waals surface area (Å²) in [6, 6.07) is 0. The van der Waals surface area contributed by atoms with Crippen molar-refractivity contribution < 1.29 is 9.59 Å². The lowest BCUT2D eigenvalue weighted by Gasteiger charge is -2.22. The number of hydrogen-bond acceptors (Lipinski definition) is 2. The van der Waals surface area contributed by atoms with E-state index in [1.54, 1.807) is 6.92 Å². The van der Waals surface area contributed by atoms with Gasteiger partial charge in [0, 0.05) is 32.5 Å². The van der Waals surface area contributed by atoms with Gasteiger partial charge in [0.05, 0.1) is 0 Å². The third-order valence-corrected chi connectivity index (χ3v) is 3.05. The Kier molecular flexibility index (Phi) is 5.45. The summed E-state index contributed by atoms with van der Waals surface area (Å²) in [4.78, 5) is 24.6. The SMILES string of the molecule is CC(=O)N(CCNC(=O)C1CC1)CCC(C)C. The van der Waals surface area contributed by atoms with Gasteiger partial charge in [-0.25, -0.2) is 0 Å². The maximum absolute atomic E-state index is 11.4. The molecule has 0 bridgehead atoms. The second kappa shape index (κ2) is 6.62. The lowest BCUT2D eigenvalue weighted by Crippen LogP contribution is -2.38. The number of carbonyl (C=O) groups excluding carboxylic acids is 2. The molecule has 2 amide bonds. The highest BCUT2D eigenvalue weighted by molar-refractivity contribution is 5.80. The number of hydrogen-bond donors (Lipinski definition) is 1. The molecule has 4 nitrogen and oxygen atoms in total. The number of carbonyl (C=O) groups is 2. The van der Waals surface area contributed by atoms with Gasteiger partial charge >= 0.3 is 0 Å². The maximum atomic E-state index is 11.4. The van der Waals surface area contributed by atoms with Gasteiger partial charge in [-0.2, -0.15) is 0 Å². The fourth-order valence-electron chi connectivity index (χ4n) is 1.64. The Hall–Kier alpha value is -1.06. The fraction of sp³-hybridized carbons (Fsp3) is 0.846. The van der Waals surface area contributed by atoms with E-state index in [1.165, 1.54) is 0 Å². The molecule has 1 aliphatic rings. The van der Waals surface area contributed by atoms with E-state index in [9.17, 15) is 9.59 Å². The van der Waals surface area contributed by atoms with Crippen molar-refractivity contribution in [2.24, 2.45) is 11.8 Å². The minimum atomic E-state index is 0.0892. The van der Waals surface area contributed by atoms with Crippen molar-refractivity contribution >= 4 is 11.8 Å². The van der Waals surface area contributed by atoms with E-state index in [-0.39, 0.29) is 17.7 Å². The summed E-state index contributed by atoms with van der Waals surface area (Å²) in [5.41, 5.74) is 0. The molecule has 0 aliphatic heterocycles. The molecule has 4 heteroatoms. The molecule has 0 unspecified atom stereocenters. The molecule has 0 aromatic rings. The number of rotatable bonds is 7. The Morgan fingerprint density at radius 2 is 1.94 bits per heavy atom. The zero-order chi connectivity index (χ0) is 12.8. The summed E-state index contributed by atoms with van der Waals surface area (Å²) in [6.45, 7) is 7.86. The smallest absolute Gasteiger partial charge is 0.223 e. The van der Waals surface area contributed by atoms with Crippen LogP contribution in [0.25, 0.3) is 0 Å². The highest BCUT2D eigenvalue weighted by atomic mass is 16.2. The highest BCUT2D eigenvalue weighted by Gasteiger charge is 2.29. The molecule has 1 N–H and O–H groups in total. The Labute approximate surface area is 104 Å². The first-order valence-corrected chi connectivity index (χ1v) is 6.54. The Bertz CT molecular complexity index is 273. The second-order valence-corrected chi connectivity index (χ2v) is 5.25. The van der Waals surface area contributed by atoms with Crippen LogP contribution in [-0.4, -0.2) is 36.3 Å². The van der Waals surface area contributed by atoms with Gasteiger partial charge < -0.3 is 10.2 Å². The summed E-state index contributed by atoms with van der Waals surface area (Å²) in [5.74, 6) is 1.08. The van der Waals surface area contributed by atoms with Crippen molar-refractivity contribution in [3.63, 3.8) is 0 Å². The highest BCUT2D eigenvalue weighted by Crippen LogP contribution is 2.28. The van der Waals surface area contributed by atoms with Crippen LogP contribution in [-0.2, 0) is 9.59 Å². The van der Waals surface area contributed by atoms with Crippen LogP contribution in [0.1, 0.15) is 40.0 Å². The second-order valence-electron chi connectivity index (χ2n) is 5.25. The quantitative estimate of drug-likeness (QED) is 0.731. The molecule has 0 spiro atoms. The van der Waals surface area contributed by atoms with Gasteiger partial charge in [0.15, 0.2) is 0 Å².